The monoisotopic (exact) mass is 411 g/mol. The van der Waals surface area contributed by atoms with Crippen LogP contribution in [0.2, 0.25) is 0 Å². The Morgan fingerprint density at radius 1 is 0.700 bits per heavy atom. The molecular weight excluding hydrogens is 394 g/mol. The van der Waals surface area contributed by atoms with E-state index in [0.717, 1.165) is 16.9 Å². The highest BCUT2D eigenvalue weighted by molar-refractivity contribution is 8.06. The van der Waals surface area contributed by atoms with E-state index < -0.39 is 5.91 Å². The average molecular weight is 411 g/mol. The second-order valence-electron chi connectivity index (χ2n) is 6.76. The van der Waals surface area contributed by atoms with Crippen LogP contribution in [0.5, 0.6) is 0 Å². The van der Waals surface area contributed by atoms with Gasteiger partial charge in [0.05, 0.1) is 11.4 Å². The third kappa shape index (κ3) is 3.07. The molecule has 1 saturated heterocycles. The highest BCUT2D eigenvalue weighted by Crippen LogP contribution is 2.45. The zero-order valence-electron chi connectivity index (χ0n) is 15.9. The molecular formula is C24H17N3O2S. The Morgan fingerprint density at radius 3 is 1.90 bits per heavy atom. The van der Waals surface area contributed by atoms with Crippen LogP contribution in [-0.4, -0.2) is 11.8 Å². The Balaban J connectivity index is 1.62. The van der Waals surface area contributed by atoms with Gasteiger partial charge in [0.25, 0.3) is 11.8 Å². The maximum Gasteiger partial charge on any atom is 0.285 e. The molecule has 1 N–H and O–H groups in total. The molecule has 0 atom stereocenters. The molecule has 1 fully saturated rings. The summed E-state index contributed by atoms with van der Waals surface area (Å²) in [7, 11) is 0. The number of nitrogens with one attached hydrogen (secondary N) is 1. The van der Waals surface area contributed by atoms with E-state index in [9.17, 15) is 9.59 Å². The molecule has 6 heteroatoms. The largest absolute Gasteiger partial charge is 0.303 e. The number of anilines is 2. The van der Waals surface area contributed by atoms with E-state index in [4.69, 9.17) is 0 Å². The lowest BCUT2D eigenvalue weighted by Crippen LogP contribution is -2.35. The molecule has 5 nitrogen and oxygen atoms in total. The minimum absolute atomic E-state index is 0.134. The smallest absolute Gasteiger partial charge is 0.285 e. The third-order valence-electron chi connectivity index (χ3n) is 4.90. The number of thioether (sulfide) groups is 1. The molecule has 5 rings (SSSR count). The maximum absolute atomic E-state index is 13.2. The van der Waals surface area contributed by atoms with E-state index in [1.165, 1.54) is 16.8 Å². The van der Waals surface area contributed by atoms with Crippen molar-refractivity contribution in [1.82, 2.24) is 5.43 Å². The van der Waals surface area contributed by atoms with E-state index in [1.54, 1.807) is 12.1 Å². The van der Waals surface area contributed by atoms with Crippen molar-refractivity contribution in [2.75, 3.05) is 9.91 Å². The standard InChI is InChI=1S/C24H17N3O2S/c28-22-21(23(29)27(25-22)19-14-8-3-9-15-19)24-26(18-12-6-2-7-13-18)20(16-30-24)17-10-4-1-5-11-17/h1-16H,(H,25,28)/b24-21-. The van der Waals surface area contributed by atoms with Crippen LogP contribution < -0.4 is 15.3 Å². The summed E-state index contributed by atoms with van der Waals surface area (Å²) in [6.45, 7) is 0. The lowest BCUT2D eigenvalue weighted by atomic mass is 10.1. The molecule has 0 bridgehead atoms. The summed E-state index contributed by atoms with van der Waals surface area (Å²) in [6.07, 6.45) is 0. The molecule has 2 aliphatic rings. The van der Waals surface area contributed by atoms with E-state index >= 15 is 0 Å². The van der Waals surface area contributed by atoms with E-state index in [-0.39, 0.29) is 11.5 Å². The SMILES string of the molecule is O=C1NN(c2ccccc2)C(=O)/C1=C1\SC=C(c2ccccc2)N1c1ccccc1. The molecule has 2 aliphatic heterocycles. The predicted molar refractivity (Wildman–Crippen MR) is 120 cm³/mol. The predicted octanol–water partition coefficient (Wildman–Crippen LogP) is 4.53. The van der Waals surface area contributed by atoms with Gasteiger partial charge in [-0.25, -0.2) is 5.01 Å². The van der Waals surface area contributed by atoms with Gasteiger partial charge in [-0.1, -0.05) is 78.5 Å². The number of carbonyl (C=O) groups is 2. The number of rotatable bonds is 3. The van der Waals surface area contributed by atoms with Crippen LogP contribution in [0.3, 0.4) is 0 Å². The molecule has 3 aromatic rings. The van der Waals surface area contributed by atoms with Crippen molar-refractivity contribution in [3.63, 3.8) is 0 Å². The molecule has 0 spiro atoms. The quantitative estimate of drug-likeness (QED) is 0.508. The molecule has 0 unspecified atom stereocenters. The molecule has 3 aromatic carbocycles. The van der Waals surface area contributed by atoms with Gasteiger partial charge in [0.2, 0.25) is 0 Å². The fourth-order valence-electron chi connectivity index (χ4n) is 3.50. The molecule has 0 aromatic heterocycles. The summed E-state index contributed by atoms with van der Waals surface area (Å²) in [6, 6.07) is 28.8. The second-order valence-corrected chi connectivity index (χ2v) is 7.61. The Bertz CT molecular complexity index is 1170. The molecule has 0 aliphatic carbocycles. The first-order valence-corrected chi connectivity index (χ1v) is 10.3. The minimum atomic E-state index is -0.407. The van der Waals surface area contributed by atoms with Crippen LogP contribution in [0.4, 0.5) is 11.4 Å². The van der Waals surface area contributed by atoms with Crippen molar-refractivity contribution >= 4 is 40.6 Å². The second kappa shape index (κ2) is 7.57. The summed E-state index contributed by atoms with van der Waals surface area (Å²) in [5, 5.41) is 3.88. The first kappa shape index (κ1) is 18.3. The molecule has 0 saturated carbocycles. The lowest BCUT2D eigenvalue weighted by Gasteiger charge is -2.24. The Kier molecular flexibility index (Phi) is 4.61. The van der Waals surface area contributed by atoms with E-state index in [0.29, 0.717) is 10.7 Å². The Hall–Kier alpha value is -3.77. The van der Waals surface area contributed by atoms with Gasteiger partial charge in [-0.3, -0.25) is 15.0 Å². The molecule has 146 valence electrons. The summed E-state index contributed by atoms with van der Waals surface area (Å²) < 4.78 is 0. The number of para-hydroxylation sites is 2. The summed E-state index contributed by atoms with van der Waals surface area (Å²) in [5.41, 5.74) is 6.28. The number of hydrogen-bond donors (Lipinski definition) is 1. The van der Waals surface area contributed by atoms with Gasteiger partial charge in [0, 0.05) is 11.1 Å². The van der Waals surface area contributed by atoms with Crippen molar-refractivity contribution in [2.24, 2.45) is 0 Å². The van der Waals surface area contributed by atoms with Gasteiger partial charge in [-0.15, -0.1) is 0 Å². The summed E-state index contributed by atoms with van der Waals surface area (Å²) in [4.78, 5) is 28.1. The molecule has 0 radical (unpaired) electrons. The van der Waals surface area contributed by atoms with Crippen molar-refractivity contribution in [3.8, 4) is 0 Å². The van der Waals surface area contributed by atoms with Crippen LogP contribution in [0.15, 0.2) is 107 Å². The van der Waals surface area contributed by atoms with Crippen LogP contribution in [0, 0.1) is 0 Å². The highest BCUT2D eigenvalue weighted by atomic mass is 32.2. The van der Waals surface area contributed by atoms with Gasteiger partial charge in [0.15, 0.2) is 0 Å². The summed E-state index contributed by atoms with van der Waals surface area (Å²) in [5.74, 6) is -0.771. The number of hydrogen-bond acceptors (Lipinski definition) is 4. The third-order valence-corrected chi connectivity index (χ3v) is 5.85. The van der Waals surface area contributed by atoms with Crippen molar-refractivity contribution < 1.29 is 9.59 Å². The van der Waals surface area contributed by atoms with Crippen LogP contribution in [0.25, 0.3) is 5.70 Å². The highest BCUT2D eigenvalue weighted by Gasteiger charge is 2.41. The first-order valence-electron chi connectivity index (χ1n) is 9.46. The Morgan fingerprint density at radius 2 is 1.27 bits per heavy atom. The molecule has 2 amide bonds. The van der Waals surface area contributed by atoms with E-state index in [2.05, 4.69) is 5.43 Å². The van der Waals surface area contributed by atoms with Gasteiger partial charge < -0.3 is 4.90 Å². The number of benzene rings is 3. The normalized spacial score (nSPS) is 18.6. The first-order chi connectivity index (χ1) is 14.7. The van der Waals surface area contributed by atoms with Crippen molar-refractivity contribution in [2.45, 2.75) is 0 Å². The number of amides is 2. The molecule has 30 heavy (non-hydrogen) atoms. The number of hydrazine groups is 1. The Labute approximate surface area is 178 Å². The van der Waals surface area contributed by atoms with E-state index in [1.807, 2.05) is 89.2 Å². The fraction of sp³-hybridized carbons (Fsp3) is 0. The zero-order valence-corrected chi connectivity index (χ0v) is 16.7. The maximum atomic E-state index is 13.2. The van der Waals surface area contributed by atoms with Gasteiger partial charge >= 0.3 is 0 Å². The number of nitrogens with zero attached hydrogens (tertiary/aromatic N) is 2. The van der Waals surface area contributed by atoms with Crippen molar-refractivity contribution in [1.29, 1.82) is 0 Å². The fourth-order valence-corrected chi connectivity index (χ4v) is 4.57. The van der Waals surface area contributed by atoms with Gasteiger partial charge in [-0.2, -0.15) is 0 Å². The minimum Gasteiger partial charge on any atom is -0.303 e. The van der Waals surface area contributed by atoms with Crippen molar-refractivity contribution in [3.05, 3.63) is 113 Å². The average Bonchev–Trinajstić information content (AvgIpc) is 3.36. The topological polar surface area (TPSA) is 52.7 Å². The van der Waals surface area contributed by atoms with Gasteiger partial charge in [0.1, 0.15) is 10.6 Å². The van der Waals surface area contributed by atoms with Gasteiger partial charge in [-0.05, 0) is 29.8 Å². The zero-order chi connectivity index (χ0) is 20.5. The summed E-state index contributed by atoms with van der Waals surface area (Å²) >= 11 is 1.39. The van der Waals surface area contributed by atoms with Crippen LogP contribution in [0.1, 0.15) is 5.56 Å². The van der Waals surface area contributed by atoms with Crippen LogP contribution >= 0.6 is 11.8 Å². The van der Waals surface area contributed by atoms with Crippen LogP contribution in [-0.2, 0) is 9.59 Å². The number of carbonyl (C=O) groups excluding carboxylic acids is 2. The molecule has 2 heterocycles. The lowest BCUT2D eigenvalue weighted by molar-refractivity contribution is -0.117.